The highest BCUT2D eigenvalue weighted by molar-refractivity contribution is 8.00. The van der Waals surface area contributed by atoms with Gasteiger partial charge >= 0.3 is 0 Å². The number of rotatable bonds is 1. The van der Waals surface area contributed by atoms with Gasteiger partial charge in [-0.1, -0.05) is 36.0 Å². The van der Waals surface area contributed by atoms with E-state index in [1.54, 1.807) is 24.3 Å². The van der Waals surface area contributed by atoms with Gasteiger partial charge < -0.3 is 0 Å². The summed E-state index contributed by atoms with van der Waals surface area (Å²) < 4.78 is 0.754. The van der Waals surface area contributed by atoms with Gasteiger partial charge in [0.15, 0.2) is 4.34 Å². The number of carbonyl (C=O) groups excluding carboxylic acids is 2. The number of hydrogen-bond donors (Lipinski definition) is 0. The van der Waals surface area contributed by atoms with Gasteiger partial charge in [0.25, 0.3) is 0 Å². The van der Waals surface area contributed by atoms with Crippen LogP contribution in [0.3, 0.4) is 0 Å². The van der Waals surface area contributed by atoms with Gasteiger partial charge in [0.05, 0.1) is 0 Å². The maximum Gasteiger partial charge on any atom is 0.213 e. The first-order valence-corrected chi connectivity index (χ1v) is 6.99. The lowest BCUT2D eigenvalue weighted by Gasteiger charge is -2.11. The fourth-order valence-electron chi connectivity index (χ4n) is 1.82. The van der Waals surface area contributed by atoms with Gasteiger partial charge in [-0.3, -0.25) is 9.59 Å². The largest absolute Gasteiger partial charge is 0.288 e. The molecule has 0 fully saturated rings. The molecule has 3 nitrogen and oxygen atoms in total. The Hall–Kier alpha value is -1.46. The quantitative estimate of drug-likeness (QED) is 0.632. The minimum absolute atomic E-state index is 0.0898. The number of carbonyl (C=O) groups is 2. The number of nitrogens with zero attached hydrogens (tertiary/aromatic N) is 1. The van der Waals surface area contributed by atoms with Gasteiger partial charge in [0.1, 0.15) is 10.6 Å². The number of hydrogen-bond acceptors (Lipinski definition) is 5. The first kappa shape index (κ1) is 10.7. The first-order chi connectivity index (χ1) is 8.22. The lowest BCUT2D eigenvalue weighted by atomic mass is 9.92. The van der Waals surface area contributed by atoms with E-state index in [9.17, 15) is 9.59 Å². The molecule has 0 amide bonds. The monoisotopic (exact) mass is 261 g/mol. The van der Waals surface area contributed by atoms with Crippen molar-refractivity contribution >= 4 is 34.7 Å². The van der Waals surface area contributed by atoms with E-state index in [-0.39, 0.29) is 11.6 Å². The number of thioether (sulfide) groups is 1. The van der Waals surface area contributed by atoms with E-state index in [0.29, 0.717) is 21.7 Å². The summed E-state index contributed by atoms with van der Waals surface area (Å²) in [6.07, 6.45) is 1.88. The van der Waals surface area contributed by atoms with E-state index >= 15 is 0 Å². The fraction of sp³-hybridized carbons (Fsp3) is 0.0833. The predicted molar refractivity (Wildman–Crippen MR) is 67.2 cm³/mol. The molecule has 0 bridgehead atoms. The van der Waals surface area contributed by atoms with Crippen molar-refractivity contribution in [2.24, 2.45) is 0 Å². The van der Waals surface area contributed by atoms with Crippen LogP contribution in [0.15, 0.2) is 28.6 Å². The molecule has 0 spiro atoms. The van der Waals surface area contributed by atoms with Gasteiger partial charge in [-0.05, 0) is 6.26 Å². The Bertz CT molecular complexity index is 593. The second kappa shape index (κ2) is 3.78. The summed E-state index contributed by atoms with van der Waals surface area (Å²) in [6, 6.07) is 6.90. The van der Waals surface area contributed by atoms with Gasteiger partial charge in [-0.2, -0.15) is 0 Å². The van der Waals surface area contributed by atoms with Crippen LogP contribution < -0.4 is 0 Å². The molecule has 0 radical (unpaired) electrons. The third-order valence-electron chi connectivity index (χ3n) is 2.62. The molecular weight excluding hydrogens is 254 g/mol. The van der Waals surface area contributed by atoms with Crippen LogP contribution in [0.25, 0.3) is 0 Å². The molecule has 1 aliphatic carbocycles. The van der Waals surface area contributed by atoms with Crippen LogP contribution in [-0.4, -0.2) is 22.8 Å². The Labute approximate surface area is 106 Å². The molecule has 0 aliphatic heterocycles. The Morgan fingerprint density at radius 1 is 1.12 bits per heavy atom. The smallest absolute Gasteiger partial charge is 0.213 e. The van der Waals surface area contributed by atoms with Gasteiger partial charge in [-0.25, -0.2) is 4.98 Å². The second-order valence-electron chi connectivity index (χ2n) is 3.57. The molecule has 0 atom stereocenters. The van der Waals surface area contributed by atoms with Crippen LogP contribution in [-0.2, 0) is 0 Å². The van der Waals surface area contributed by atoms with Gasteiger partial charge in [0.2, 0.25) is 11.6 Å². The van der Waals surface area contributed by atoms with Crippen LogP contribution in [0.2, 0.25) is 0 Å². The third kappa shape index (κ3) is 1.46. The number of fused-ring (bicyclic) bond motifs is 2. The minimum atomic E-state index is -0.147. The molecule has 3 rings (SSSR count). The minimum Gasteiger partial charge on any atom is -0.288 e. The van der Waals surface area contributed by atoms with Crippen molar-refractivity contribution in [1.29, 1.82) is 0 Å². The Balaban J connectivity index is 2.27. The zero-order valence-electron chi connectivity index (χ0n) is 8.89. The number of thiazole rings is 1. The summed E-state index contributed by atoms with van der Waals surface area (Å²) in [5, 5.41) is 0. The molecular formula is C12H7NO2S2. The molecule has 1 aromatic heterocycles. The second-order valence-corrected chi connectivity index (χ2v) is 5.62. The number of aromatic nitrogens is 1. The van der Waals surface area contributed by atoms with Crippen molar-refractivity contribution in [3.8, 4) is 0 Å². The lowest BCUT2D eigenvalue weighted by molar-refractivity contribution is 0.0979. The van der Waals surface area contributed by atoms with E-state index in [0.717, 1.165) is 4.34 Å². The maximum atomic E-state index is 12.2. The highest BCUT2D eigenvalue weighted by Gasteiger charge is 2.32. The summed E-state index contributed by atoms with van der Waals surface area (Å²) >= 11 is 2.74. The Kier molecular flexibility index (Phi) is 2.38. The van der Waals surface area contributed by atoms with Crippen LogP contribution >= 0.6 is 23.1 Å². The molecule has 84 valence electrons. The van der Waals surface area contributed by atoms with Gasteiger partial charge in [-0.15, -0.1) is 11.3 Å². The Morgan fingerprint density at radius 2 is 1.76 bits per heavy atom. The lowest BCUT2D eigenvalue weighted by Crippen LogP contribution is -2.19. The zero-order chi connectivity index (χ0) is 12.0. The zero-order valence-corrected chi connectivity index (χ0v) is 10.5. The summed E-state index contributed by atoms with van der Waals surface area (Å²) in [5.41, 5.74) is 1.26. The standard InChI is InChI=1S/C12H7NO2S2/c1-16-12-13-8-9(14)6-4-2-3-5-7(6)10(15)11(8)17-12/h2-5H,1H3. The molecule has 5 heteroatoms. The van der Waals surface area contributed by atoms with Crippen molar-refractivity contribution in [2.45, 2.75) is 4.34 Å². The van der Waals surface area contributed by atoms with E-state index in [4.69, 9.17) is 0 Å². The molecule has 0 saturated heterocycles. The van der Waals surface area contributed by atoms with Crippen molar-refractivity contribution in [2.75, 3.05) is 6.26 Å². The summed E-state index contributed by atoms with van der Waals surface area (Å²) in [6.45, 7) is 0. The summed E-state index contributed by atoms with van der Waals surface area (Å²) in [5.74, 6) is -0.236. The number of ketones is 2. The third-order valence-corrected chi connectivity index (χ3v) is 4.66. The van der Waals surface area contributed by atoms with Crippen LogP contribution in [0.1, 0.15) is 31.3 Å². The van der Waals surface area contributed by atoms with Crippen molar-refractivity contribution < 1.29 is 9.59 Å². The molecule has 0 unspecified atom stereocenters. The normalized spacial score (nSPS) is 13.5. The molecule has 1 aliphatic rings. The van der Waals surface area contributed by atoms with Crippen LogP contribution in [0.5, 0.6) is 0 Å². The van der Waals surface area contributed by atoms with Crippen molar-refractivity contribution in [3.63, 3.8) is 0 Å². The van der Waals surface area contributed by atoms with E-state index in [1.807, 2.05) is 6.26 Å². The topological polar surface area (TPSA) is 47.0 Å². The first-order valence-electron chi connectivity index (χ1n) is 4.95. The predicted octanol–water partition coefficient (Wildman–Crippen LogP) is 2.64. The number of benzene rings is 1. The van der Waals surface area contributed by atoms with Crippen LogP contribution in [0.4, 0.5) is 0 Å². The molecule has 1 aromatic carbocycles. The van der Waals surface area contributed by atoms with E-state index in [2.05, 4.69) is 4.98 Å². The maximum absolute atomic E-state index is 12.2. The average Bonchev–Trinajstić information content (AvgIpc) is 2.80. The highest BCUT2D eigenvalue weighted by Crippen LogP contribution is 2.33. The van der Waals surface area contributed by atoms with Crippen molar-refractivity contribution in [3.05, 3.63) is 46.0 Å². The molecule has 17 heavy (non-hydrogen) atoms. The summed E-state index contributed by atoms with van der Waals surface area (Å²) in [7, 11) is 0. The van der Waals surface area contributed by atoms with Crippen LogP contribution in [0, 0.1) is 0 Å². The SMILES string of the molecule is CSc1nc2c(s1)C(=O)c1ccccc1C2=O. The molecule has 1 heterocycles. The summed E-state index contributed by atoms with van der Waals surface area (Å²) in [4.78, 5) is 29.0. The highest BCUT2D eigenvalue weighted by atomic mass is 32.2. The molecule has 2 aromatic rings. The van der Waals surface area contributed by atoms with Crippen molar-refractivity contribution in [1.82, 2.24) is 4.98 Å². The molecule has 0 saturated carbocycles. The average molecular weight is 261 g/mol. The van der Waals surface area contributed by atoms with Gasteiger partial charge in [0, 0.05) is 11.1 Å². The fourth-order valence-corrected chi connectivity index (χ4v) is 3.34. The molecule has 0 N–H and O–H groups in total. The van der Waals surface area contributed by atoms with E-state index in [1.165, 1.54) is 23.1 Å². The van der Waals surface area contributed by atoms with E-state index < -0.39 is 0 Å². The Morgan fingerprint density at radius 3 is 2.41 bits per heavy atom.